The van der Waals surface area contributed by atoms with E-state index in [-0.39, 0.29) is 52.6 Å². The summed E-state index contributed by atoms with van der Waals surface area (Å²) in [5, 5.41) is 0. The Morgan fingerprint density at radius 2 is 1.39 bits per heavy atom. The summed E-state index contributed by atoms with van der Waals surface area (Å²) >= 11 is 0. The van der Waals surface area contributed by atoms with Gasteiger partial charge in [-0.15, -0.1) is 0 Å². The van der Waals surface area contributed by atoms with Crippen molar-refractivity contribution in [1.29, 1.82) is 0 Å². The molecule has 1 atom stereocenters. The number of hydrogen-bond acceptors (Lipinski definition) is 7. The van der Waals surface area contributed by atoms with Crippen molar-refractivity contribution in [2.45, 2.75) is 38.7 Å². The van der Waals surface area contributed by atoms with E-state index >= 15 is 0 Å². The van der Waals surface area contributed by atoms with Crippen molar-refractivity contribution in [3.05, 3.63) is 57.6 Å². The molecule has 0 aliphatic heterocycles. The molecular formula is C24H22O7. The van der Waals surface area contributed by atoms with Gasteiger partial charge in [-0.3, -0.25) is 19.2 Å². The number of ketones is 3. The lowest BCUT2D eigenvalue weighted by atomic mass is 9.73. The molecule has 0 saturated carbocycles. The average molecular weight is 422 g/mol. The highest BCUT2D eigenvalue weighted by atomic mass is 16.6. The molecule has 4 rings (SSSR count). The van der Waals surface area contributed by atoms with Gasteiger partial charge in [-0.2, -0.15) is 0 Å². The Labute approximate surface area is 179 Å². The van der Waals surface area contributed by atoms with E-state index in [9.17, 15) is 19.2 Å². The Kier molecular flexibility index (Phi) is 4.92. The van der Waals surface area contributed by atoms with Crippen molar-refractivity contribution in [1.82, 2.24) is 0 Å². The molecule has 0 bridgehead atoms. The van der Waals surface area contributed by atoms with Crippen LogP contribution in [-0.4, -0.2) is 43.1 Å². The molecule has 0 saturated heterocycles. The molecule has 0 aromatic heterocycles. The van der Waals surface area contributed by atoms with Crippen LogP contribution in [0, 0.1) is 0 Å². The minimum atomic E-state index is -1.36. The van der Waals surface area contributed by atoms with Crippen LogP contribution in [0.2, 0.25) is 0 Å². The first-order chi connectivity index (χ1) is 14.8. The molecular weight excluding hydrogens is 400 g/mol. The number of Topliss-reactive ketones (excluding diaryl/α,β-unsaturated/α-hetero) is 1. The highest BCUT2D eigenvalue weighted by molar-refractivity contribution is 6.30. The maximum Gasteiger partial charge on any atom is 0.303 e. The van der Waals surface area contributed by atoms with E-state index in [0.29, 0.717) is 28.9 Å². The van der Waals surface area contributed by atoms with Crippen LogP contribution in [0.3, 0.4) is 0 Å². The van der Waals surface area contributed by atoms with Crippen molar-refractivity contribution in [3.63, 3.8) is 0 Å². The lowest BCUT2D eigenvalue weighted by Crippen LogP contribution is -2.47. The van der Waals surface area contributed by atoms with Crippen molar-refractivity contribution in [2.75, 3.05) is 14.2 Å². The zero-order valence-electron chi connectivity index (χ0n) is 17.8. The lowest BCUT2D eigenvalue weighted by molar-refractivity contribution is -0.166. The van der Waals surface area contributed by atoms with Gasteiger partial charge in [0.2, 0.25) is 0 Å². The predicted octanol–water partition coefficient (Wildman–Crippen LogP) is 2.86. The van der Waals surface area contributed by atoms with E-state index in [1.165, 1.54) is 28.1 Å². The van der Waals surface area contributed by atoms with Gasteiger partial charge in [0.25, 0.3) is 0 Å². The summed E-state index contributed by atoms with van der Waals surface area (Å²) in [5.74, 6) is -1.00. The third-order valence-electron chi connectivity index (χ3n) is 6.12. The van der Waals surface area contributed by atoms with Gasteiger partial charge in [-0.25, -0.2) is 0 Å². The smallest absolute Gasteiger partial charge is 0.303 e. The first-order valence-electron chi connectivity index (χ1n) is 9.94. The minimum absolute atomic E-state index is 0.0349. The number of hydrogen-bond donors (Lipinski definition) is 0. The molecule has 0 spiro atoms. The molecule has 7 nitrogen and oxygen atoms in total. The van der Waals surface area contributed by atoms with E-state index in [1.54, 1.807) is 24.3 Å². The van der Waals surface area contributed by atoms with Crippen LogP contribution in [0.4, 0.5) is 0 Å². The largest absolute Gasteiger partial charge is 0.496 e. The monoisotopic (exact) mass is 422 g/mol. The standard InChI is InChI=1S/C24H22O7/c1-12(25)24(31-13(2)26)10-9-16-17(11-24)23(30-4)19-18(22(16)29-3)20(27)14-7-5-6-8-15(14)21(19)28/h5-8H,9-11H2,1-4H3. The van der Waals surface area contributed by atoms with Crippen LogP contribution in [0.1, 0.15) is 63.2 Å². The van der Waals surface area contributed by atoms with Gasteiger partial charge < -0.3 is 14.2 Å². The number of ether oxygens (including phenoxy) is 3. The highest BCUT2D eigenvalue weighted by Crippen LogP contribution is 2.48. The van der Waals surface area contributed by atoms with Crippen LogP contribution in [0.25, 0.3) is 0 Å². The van der Waals surface area contributed by atoms with Gasteiger partial charge in [0, 0.05) is 35.6 Å². The number of carbonyl (C=O) groups excluding carboxylic acids is 4. The Hall–Kier alpha value is -3.48. The van der Waals surface area contributed by atoms with Crippen molar-refractivity contribution in [2.24, 2.45) is 0 Å². The molecule has 2 aliphatic carbocycles. The number of methoxy groups -OCH3 is 2. The summed E-state index contributed by atoms with van der Waals surface area (Å²) < 4.78 is 16.8. The quantitative estimate of drug-likeness (QED) is 0.597. The van der Waals surface area contributed by atoms with Crippen molar-refractivity contribution >= 4 is 23.3 Å². The zero-order chi connectivity index (χ0) is 22.5. The molecule has 160 valence electrons. The van der Waals surface area contributed by atoms with E-state index < -0.39 is 11.6 Å². The highest BCUT2D eigenvalue weighted by Gasteiger charge is 2.47. The molecule has 0 heterocycles. The molecule has 0 fully saturated rings. The van der Waals surface area contributed by atoms with Gasteiger partial charge in [-0.05, 0) is 19.8 Å². The number of carbonyl (C=O) groups is 4. The second kappa shape index (κ2) is 7.34. The number of benzene rings is 2. The Morgan fingerprint density at radius 1 is 0.871 bits per heavy atom. The van der Waals surface area contributed by atoms with E-state index in [0.717, 1.165) is 0 Å². The van der Waals surface area contributed by atoms with Gasteiger partial charge in [-0.1, -0.05) is 24.3 Å². The maximum absolute atomic E-state index is 13.4. The summed E-state index contributed by atoms with van der Waals surface area (Å²) in [4.78, 5) is 51.0. The van der Waals surface area contributed by atoms with Gasteiger partial charge in [0.15, 0.2) is 23.0 Å². The van der Waals surface area contributed by atoms with Gasteiger partial charge in [0.05, 0.1) is 25.3 Å². The molecule has 31 heavy (non-hydrogen) atoms. The summed E-state index contributed by atoms with van der Waals surface area (Å²) in [6, 6.07) is 6.62. The fraction of sp³-hybridized carbons (Fsp3) is 0.333. The number of esters is 1. The second-order valence-electron chi connectivity index (χ2n) is 7.80. The van der Waals surface area contributed by atoms with Crippen LogP contribution in [0.15, 0.2) is 24.3 Å². The van der Waals surface area contributed by atoms with Crippen LogP contribution >= 0.6 is 0 Å². The first-order valence-corrected chi connectivity index (χ1v) is 9.94. The molecule has 7 heteroatoms. The van der Waals surface area contributed by atoms with Gasteiger partial charge >= 0.3 is 5.97 Å². The predicted molar refractivity (Wildman–Crippen MR) is 110 cm³/mol. The zero-order valence-corrected chi connectivity index (χ0v) is 17.8. The number of fused-ring (bicyclic) bond motifs is 3. The van der Waals surface area contributed by atoms with Crippen molar-refractivity contribution in [3.8, 4) is 11.5 Å². The SMILES string of the molecule is COc1c2c(c(OC)c3c1C(=O)c1ccccc1C3=O)CC(OC(C)=O)(C(C)=O)CC2. The molecule has 2 aromatic carbocycles. The fourth-order valence-electron chi connectivity index (χ4n) is 4.72. The van der Waals surface area contributed by atoms with E-state index in [2.05, 4.69) is 0 Å². The molecule has 0 radical (unpaired) electrons. The Balaban J connectivity index is 2.02. The molecule has 2 aromatic rings. The fourth-order valence-corrected chi connectivity index (χ4v) is 4.72. The summed E-state index contributed by atoms with van der Waals surface area (Å²) in [7, 11) is 2.86. The second-order valence-corrected chi connectivity index (χ2v) is 7.80. The average Bonchev–Trinajstić information content (AvgIpc) is 2.75. The topological polar surface area (TPSA) is 96.0 Å². The molecule has 0 amide bonds. The van der Waals surface area contributed by atoms with Crippen LogP contribution < -0.4 is 9.47 Å². The Morgan fingerprint density at radius 3 is 1.84 bits per heavy atom. The third-order valence-corrected chi connectivity index (χ3v) is 6.12. The van der Waals surface area contributed by atoms with Crippen molar-refractivity contribution < 1.29 is 33.4 Å². The lowest BCUT2D eigenvalue weighted by Gasteiger charge is -2.37. The van der Waals surface area contributed by atoms with Crippen LogP contribution in [0.5, 0.6) is 11.5 Å². The summed E-state index contributed by atoms with van der Waals surface area (Å²) in [6.07, 6.45) is 0.594. The Bertz CT molecular complexity index is 1160. The van der Waals surface area contributed by atoms with Crippen LogP contribution in [-0.2, 0) is 27.2 Å². The first kappa shape index (κ1) is 20.8. The maximum atomic E-state index is 13.4. The third kappa shape index (κ3) is 2.95. The van der Waals surface area contributed by atoms with E-state index in [1.807, 2.05) is 0 Å². The summed E-state index contributed by atoms with van der Waals surface area (Å²) in [5.41, 5.74) is 0.756. The number of rotatable bonds is 4. The minimum Gasteiger partial charge on any atom is -0.496 e. The molecule has 2 aliphatic rings. The van der Waals surface area contributed by atoms with E-state index in [4.69, 9.17) is 14.2 Å². The molecule has 1 unspecified atom stereocenters. The summed E-state index contributed by atoms with van der Waals surface area (Å²) in [6.45, 7) is 2.63. The van der Waals surface area contributed by atoms with Gasteiger partial charge in [0.1, 0.15) is 11.5 Å². The molecule has 0 N–H and O–H groups in total. The normalized spacial score (nSPS) is 19.1.